The number of nitrogens with zero attached hydrogens (tertiary/aromatic N) is 1. The summed E-state index contributed by atoms with van der Waals surface area (Å²) in [6.07, 6.45) is 4.06. The van der Waals surface area contributed by atoms with E-state index in [0.717, 1.165) is 25.7 Å². The summed E-state index contributed by atoms with van der Waals surface area (Å²) in [7, 11) is 7.16. The van der Waals surface area contributed by atoms with E-state index >= 15 is 0 Å². The number of hydrogen-bond donors (Lipinski definition) is 0. The quantitative estimate of drug-likeness (QED) is 0.776. The highest BCUT2D eigenvalue weighted by molar-refractivity contribution is 6.03. The van der Waals surface area contributed by atoms with Gasteiger partial charge in [-0.2, -0.15) is 0 Å². The van der Waals surface area contributed by atoms with Gasteiger partial charge in [0.2, 0.25) is 0 Å². The average molecular weight is 277 g/mol. The lowest BCUT2D eigenvalue weighted by Crippen LogP contribution is -2.48. The molecule has 1 aliphatic carbocycles. The molecule has 0 amide bonds. The van der Waals surface area contributed by atoms with E-state index in [2.05, 4.69) is 4.90 Å². The molecule has 0 aliphatic heterocycles. The van der Waals surface area contributed by atoms with Gasteiger partial charge in [0.05, 0.1) is 19.8 Å². The Kier molecular flexibility index (Phi) is 4.33. The molecule has 1 fully saturated rings. The van der Waals surface area contributed by atoms with Crippen molar-refractivity contribution in [2.75, 3.05) is 28.3 Å². The van der Waals surface area contributed by atoms with Crippen LogP contribution in [0.2, 0.25) is 0 Å². The number of hydrogen-bond acceptors (Lipinski definition) is 4. The number of ketones is 1. The third kappa shape index (κ3) is 2.40. The maximum absolute atomic E-state index is 12.9. The maximum Gasteiger partial charge on any atom is 0.183 e. The molecule has 0 atom stereocenters. The van der Waals surface area contributed by atoms with E-state index in [0.29, 0.717) is 17.1 Å². The Balaban J connectivity index is 2.37. The molecule has 20 heavy (non-hydrogen) atoms. The van der Waals surface area contributed by atoms with Gasteiger partial charge >= 0.3 is 0 Å². The molecule has 0 aromatic heterocycles. The molecule has 0 unspecified atom stereocenters. The largest absolute Gasteiger partial charge is 0.493 e. The van der Waals surface area contributed by atoms with E-state index in [-0.39, 0.29) is 11.3 Å². The predicted octanol–water partition coefficient (Wildman–Crippen LogP) is 2.76. The first-order valence-electron chi connectivity index (χ1n) is 6.99. The van der Waals surface area contributed by atoms with Crippen LogP contribution in [0.15, 0.2) is 18.2 Å². The average Bonchev–Trinajstić information content (AvgIpc) is 2.96. The van der Waals surface area contributed by atoms with Gasteiger partial charge in [-0.1, -0.05) is 12.8 Å². The summed E-state index contributed by atoms with van der Waals surface area (Å²) in [5.41, 5.74) is 0.331. The number of ether oxygens (including phenoxy) is 2. The van der Waals surface area contributed by atoms with Crippen molar-refractivity contribution in [1.82, 2.24) is 4.90 Å². The molecule has 1 aromatic carbocycles. The summed E-state index contributed by atoms with van der Waals surface area (Å²) < 4.78 is 10.5. The minimum absolute atomic E-state index is 0.181. The Labute approximate surface area is 120 Å². The second-order valence-electron chi connectivity index (χ2n) is 5.53. The fourth-order valence-corrected chi connectivity index (χ4v) is 3.08. The molecular formula is C16H23NO3. The van der Waals surface area contributed by atoms with E-state index in [1.54, 1.807) is 26.4 Å². The van der Waals surface area contributed by atoms with E-state index in [9.17, 15) is 4.79 Å². The van der Waals surface area contributed by atoms with Crippen LogP contribution in [0.5, 0.6) is 11.5 Å². The molecule has 1 aliphatic rings. The molecule has 0 saturated heterocycles. The van der Waals surface area contributed by atoms with Crippen molar-refractivity contribution in [3.63, 3.8) is 0 Å². The molecule has 0 N–H and O–H groups in total. The van der Waals surface area contributed by atoms with Gasteiger partial charge in [0, 0.05) is 5.56 Å². The molecule has 110 valence electrons. The molecule has 4 nitrogen and oxygen atoms in total. The lowest BCUT2D eigenvalue weighted by atomic mass is 9.86. The molecule has 1 aromatic rings. The maximum atomic E-state index is 12.9. The zero-order valence-electron chi connectivity index (χ0n) is 12.7. The molecule has 0 heterocycles. The Morgan fingerprint density at radius 1 is 1.10 bits per heavy atom. The molecule has 4 heteroatoms. The number of likely N-dealkylation sites (N-methyl/N-ethyl adjacent to an activating group) is 1. The Hall–Kier alpha value is -1.55. The van der Waals surface area contributed by atoms with Crippen LogP contribution in [-0.4, -0.2) is 44.5 Å². The van der Waals surface area contributed by atoms with Crippen LogP contribution in [0.1, 0.15) is 36.0 Å². The first-order valence-corrected chi connectivity index (χ1v) is 6.99. The van der Waals surface area contributed by atoms with Gasteiger partial charge in [0.1, 0.15) is 0 Å². The molecule has 1 saturated carbocycles. The smallest absolute Gasteiger partial charge is 0.183 e. The Bertz CT molecular complexity index is 490. The number of rotatable bonds is 5. The van der Waals surface area contributed by atoms with Crippen LogP contribution >= 0.6 is 0 Å². The highest BCUT2D eigenvalue weighted by Crippen LogP contribution is 2.38. The third-order valence-electron chi connectivity index (χ3n) is 4.36. The topological polar surface area (TPSA) is 38.8 Å². The summed E-state index contributed by atoms with van der Waals surface area (Å²) >= 11 is 0. The van der Waals surface area contributed by atoms with E-state index < -0.39 is 0 Å². The van der Waals surface area contributed by atoms with Crippen molar-refractivity contribution in [3.8, 4) is 11.5 Å². The van der Waals surface area contributed by atoms with E-state index in [4.69, 9.17) is 9.47 Å². The molecule has 2 rings (SSSR count). The lowest BCUT2D eigenvalue weighted by Gasteiger charge is -2.34. The van der Waals surface area contributed by atoms with Crippen LogP contribution in [0.4, 0.5) is 0 Å². The molecule has 0 radical (unpaired) electrons. The molecular weight excluding hydrogens is 254 g/mol. The van der Waals surface area contributed by atoms with E-state index in [1.165, 1.54) is 0 Å². The van der Waals surface area contributed by atoms with Gasteiger partial charge in [0.25, 0.3) is 0 Å². The van der Waals surface area contributed by atoms with Crippen molar-refractivity contribution in [3.05, 3.63) is 23.8 Å². The fourth-order valence-electron chi connectivity index (χ4n) is 3.08. The number of Topliss-reactive ketones (excluding diaryl/α,β-unsaturated/α-hetero) is 1. The highest BCUT2D eigenvalue weighted by atomic mass is 16.5. The first-order chi connectivity index (χ1) is 9.55. The highest BCUT2D eigenvalue weighted by Gasteiger charge is 2.43. The van der Waals surface area contributed by atoms with Crippen molar-refractivity contribution < 1.29 is 14.3 Å². The molecule has 0 spiro atoms. The van der Waals surface area contributed by atoms with Crippen molar-refractivity contribution in [1.29, 1.82) is 0 Å². The SMILES string of the molecule is COc1ccc(C(=O)C2(N(C)C)CCCC2)cc1OC. The van der Waals surface area contributed by atoms with Crippen molar-refractivity contribution in [2.45, 2.75) is 31.2 Å². The number of methoxy groups -OCH3 is 2. The van der Waals surface area contributed by atoms with Crippen LogP contribution in [0, 0.1) is 0 Å². The number of carbonyl (C=O) groups excluding carboxylic acids is 1. The standard InChI is InChI=1S/C16H23NO3/c1-17(2)16(9-5-6-10-16)15(18)12-7-8-13(19-3)14(11-12)20-4/h7-8,11H,5-6,9-10H2,1-4H3. The van der Waals surface area contributed by atoms with Crippen LogP contribution in [0.3, 0.4) is 0 Å². The fraction of sp³-hybridized carbons (Fsp3) is 0.562. The summed E-state index contributed by atoms with van der Waals surface area (Å²) in [4.78, 5) is 15.0. The van der Waals surface area contributed by atoms with Crippen LogP contribution in [0.25, 0.3) is 0 Å². The Morgan fingerprint density at radius 3 is 2.20 bits per heavy atom. The second kappa shape index (κ2) is 5.83. The summed E-state index contributed by atoms with van der Waals surface area (Å²) in [6, 6.07) is 5.41. The summed E-state index contributed by atoms with van der Waals surface area (Å²) in [5.74, 6) is 1.43. The monoisotopic (exact) mass is 277 g/mol. The predicted molar refractivity (Wildman–Crippen MR) is 78.8 cm³/mol. The summed E-state index contributed by atoms with van der Waals surface area (Å²) in [6.45, 7) is 0. The number of carbonyl (C=O) groups is 1. The molecule has 0 bridgehead atoms. The lowest BCUT2D eigenvalue weighted by molar-refractivity contribution is 0.0693. The first kappa shape index (κ1) is 14.9. The van der Waals surface area contributed by atoms with Gasteiger partial charge in [0.15, 0.2) is 17.3 Å². The normalized spacial score (nSPS) is 17.2. The van der Waals surface area contributed by atoms with Crippen LogP contribution in [-0.2, 0) is 0 Å². The van der Waals surface area contributed by atoms with Gasteiger partial charge < -0.3 is 9.47 Å². The zero-order valence-corrected chi connectivity index (χ0v) is 12.7. The minimum atomic E-state index is -0.362. The van der Waals surface area contributed by atoms with Gasteiger partial charge in [-0.3, -0.25) is 9.69 Å². The Morgan fingerprint density at radius 2 is 1.70 bits per heavy atom. The van der Waals surface area contributed by atoms with Crippen LogP contribution < -0.4 is 9.47 Å². The van der Waals surface area contributed by atoms with Gasteiger partial charge in [-0.25, -0.2) is 0 Å². The van der Waals surface area contributed by atoms with E-state index in [1.807, 2.05) is 20.2 Å². The van der Waals surface area contributed by atoms with Gasteiger partial charge in [-0.05, 0) is 45.1 Å². The van der Waals surface area contributed by atoms with Gasteiger partial charge in [-0.15, -0.1) is 0 Å². The third-order valence-corrected chi connectivity index (χ3v) is 4.36. The second-order valence-corrected chi connectivity index (χ2v) is 5.53. The summed E-state index contributed by atoms with van der Waals surface area (Å²) in [5, 5.41) is 0. The van der Waals surface area contributed by atoms with Crippen molar-refractivity contribution in [2.24, 2.45) is 0 Å². The number of benzene rings is 1. The van der Waals surface area contributed by atoms with Crippen molar-refractivity contribution >= 4 is 5.78 Å². The zero-order chi connectivity index (χ0) is 14.8. The minimum Gasteiger partial charge on any atom is -0.493 e.